The lowest BCUT2D eigenvalue weighted by Gasteiger charge is -2.15. The van der Waals surface area contributed by atoms with Crippen LogP contribution in [-0.2, 0) is 4.74 Å². The van der Waals surface area contributed by atoms with Crippen molar-refractivity contribution in [1.82, 2.24) is 4.98 Å². The Hall–Kier alpha value is -1.78. The van der Waals surface area contributed by atoms with Crippen molar-refractivity contribution in [1.29, 1.82) is 0 Å². The fourth-order valence-corrected chi connectivity index (χ4v) is 2.14. The Morgan fingerprint density at radius 2 is 2.24 bits per heavy atom. The van der Waals surface area contributed by atoms with Crippen molar-refractivity contribution in [2.75, 3.05) is 18.2 Å². The minimum absolute atomic E-state index is 0.364. The normalized spacial score (nSPS) is 15.8. The first-order valence-corrected chi connectivity index (χ1v) is 5.81. The minimum atomic E-state index is -0.431. The maximum atomic E-state index is 11.5. The van der Waals surface area contributed by atoms with Gasteiger partial charge in [0.25, 0.3) is 0 Å². The van der Waals surface area contributed by atoms with Crippen molar-refractivity contribution >= 4 is 17.5 Å². The molecule has 1 aromatic heterocycles. The number of nitrogens with zero attached hydrogens (tertiary/aromatic N) is 1. The Morgan fingerprint density at radius 1 is 1.53 bits per heavy atom. The van der Waals surface area contributed by atoms with Gasteiger partial charge < -0.3 is 15.8 Å². The summed E-state index contributed by atoms with van der Waals surface area (Å²) < 4.78 is 4.67. The van der Waals surface area contributed by atoms with Crippen LogP contribution in [-0.4, -0.2) is 24.1 Å². The fourth-order valence-electron chi connectivity index (χ4n) is 2.14. The van der Waals surface area contributed by atoms with Gasteiger partial charge in [-0.3, -0.25) is 0 Å². The van der Waals surface area contributed by atoms with Crippen molar-refractivity contribution in [3.8, 4) is 0 Å². The highest BCUT2D eigenvalue weighted by Gasteiger charge is 2.19. The van der Waals surface area contributed by atoms with Crippen LogP contribution in [0.5, 0.6) is 0 Å². The average molecular weight is 235 g/mol. The predicted molar refractivity (Wildman–Crippen MR) is 65.9 cm³/mol. The number of hydrogen-bond donors (Lipinski definition) is 2. The summed E-state index contributed by atoms with van der Waals surface area (Å²) in [6, 6.07) is 1.98. The molecule has 0 saturated heterocycles. The van der Waals surface area contributed by atoms with E-state index in [4.69, 9.17) is 5.73 Å². The van der Waals surface area contributed by atoms with Crippen LogP contribution < -0.4 is 11.1 Å². The summed E-state index contributed by atoms with van der Waals surface area (Å²) in [5.41, 5.74) is 6.64. The van der Waals surface area contributed by atoms with Gasteiger partial charge in [0, 0.05) is 12.2 Å². The van der Waals surface area contributed by atoms with Crippen LogP contribution in [0, 0.1) is 0 Å². The van der Waals surface area contributed by atoms with E-state index in [0.717, 1.165) is 12.8 Å². The Balaban J connectivity index is 2.19. The summed E-state index contributed by atoms with van der Waals surface area (Å²) in [5.74, 6) is 0.152. The zero-order valence-electron chi connectivity index (χ0n) is 9.90. The summed E-state index contributed by atoms with van der Waals surface area (Å²) in [4.78, 5) is 15.6. The van der Waals surface area contributed by atoms with Gasteiger partial charge in [0.15, 0.2) is 0 Å². The molecular formula is C12H17N3O2. The van der Waals surface area contributed by atoms with E-state index in [1.54, 1.807) is 12.3 Å². The number of anilines is 2. The molecule has 5 nitrogen and oxygen atoms in total. The topological polar surface area (TPSA) is 77.2 Å². The Bertz CT molecular complexity index is 414. The van der Waals surface area contributed by atoms with Crippen LogP contribution >= 0.6 is 0 Å². The first-order chi connectivity index (χ1) is 8.22. The van der Waals surface area contributed by atoms with E-state index in [1.807, 2.05) is 0 Å². The quantitative estimate of drug-likeness (QED) is 0.781. The fraction of sp³-hybridized carbons (Fsp3) is 0.500. The van der Waals surface area contributed by atoms with Gasteiger partial charge in [-0.2, -0.15) is 0 Å². The van der Waals surface area contributed by atoms with Gasteiger partial charge in [-0.05, 0) is 18.9 Å². The maximum absolute atomic E-state index is 11.5. The lowest BCUT2D eigenvalue weighted by molar-refractivity contribution is 0.0602. The number of carbonyl (C=O) groups excluding carboxylic acids is 1. The molecule has 0 atom stereocenters. The Labute approximate surface area is 100 Å². The van der Waals surface area contributed by atoms with Crippen molar-refractivity contribution in [3.05, 3.63) is 17.8 Å². The zero-order valence-corrected chi connectivity index (χ0v) is 9.90. The highest BCUT2D eigenvalue weighted by Crippen LogP contribution is 2.26. The van der Waals surface area contributed by atoms with Crippen molar-refractivity contribution in [3.63, 3.8) is 0 Å². The van der Waals surface area contributed by atoms with Crippen molar-refractivity contribution in [2.45, 2.75) is 31.7 Å². The van der Waals surface area contributed by atoms with Gasteiger partial charge >= 0.3 is 5.97 Å². The molecule has 2 rings (SSSR count). The van der Waals surface area contributed by atoms with Crippen LogP contribution in [0.3, 0.4) is 0 Å². The number of methoxy groups -OCH3 is 1. The number of hydrogen-bond acceptors (Lipinski definition) is 5. The number of aromatic nitrogens is 1. The SMILES string of the molecule is COC(=O)c1ccnc(NC2CCCC2)c1N. The van der Waals surface area contributed by atoms with Crippen LogP contribution in [0.25, 0.3) is 0 Å². The second-order valence-electron chi connectivity index (χ2n) is 4.24. The molecule has 1 heterocycles. The monoisotopic (exact) mass is 235 g/mol. The van der Waals surface area contributed by atoms with E-state index < -0.39 is 5.97 Å². The van der Waals surface area contributed by atoms with Crippen LogP contribution in [0.1, 0.15) is 36.0 Å². The molecule has 17 heavy (non-hydrogen) atoms. The number of carbonyl (C=O) groups is 1. The molecule has 92 valence electrons. The molecule has 1 aliphatic carbocycles. The number of nitrogens with two attached hydrogens (primary N) is 1. The second-order valence-corrected chi connectivity index (χ2v) is 4.24. The summed E-state index contributed by atoms with van der Waals surface area (Å²) in [7, 11) is 1.34. The largest absolute Gasteiger partial charge is 0.465 e. The third kappa shape index (κ3) is 2.49. The summed E-state index contributed by atoms with van der Waals surface area (Å²) >= 11 is 0. The van der Waals surface area contributed by atoms with Gasteiger partial charge in [-0.1, -0.05) is 12.8 Å². The number of pyridine rings is 1. The molecule has 3 N–H and O–H groups in total. The molecule has 0 bridgehead atoms. The highest BCUT2D eigenvalue weighted by molar-refractivity contribution is 5.97. The van der Waals surface area contributed by atoms with Gasteiger partial charge in [0.1, 0.15) is 5.82 Å². The predicted octanol–water partition coefficient (Wildman–Crippen LogP) is 1.80. The summed E-state index contributed by atoms with van der Waals surface area (Å²) in [6.45, 7) is 0. The van der Waals surface area contributed by atoms with Gasteiger partial charge in [-0.15, -0.1) is 0 Å². The number of esters is 1. The van der Waals surface area contributed by atoms with Crippen LogP contribution in [0.2, 0.25) is 0 Å². The van der Waals surface area contributed by atoms with Crippen molar-refractivity contribution < 1.29 is 9.53 Å². The zero-order chi connectivity index (χ0) is 12.3. The van der Waals surface area contributed by atoms with E-state index in [1.165, 1.54) is 20.0 Å². The molecule has 0 radical (unpaired) electrons. The van der Waals surface area contributed by atoms with E-state index in [-0.39, 0.29) is 0 Å². The minimum Gasteiger partial charge on any atom is -0.465 e. The maximum Gasteiger partial charge on any atom is 0.340 e. The van der Waals surface area contributed by atoms with Gasteiger partial charge in [0.2, 0.25) is 0 Å². The Kier molecular flexibility index (Phi) is 3.46. The first-order valence-electron chi connectivity index (χ1n) is 5.81. The van der Waals surface area contributed by atoms with Gasteiger partial charge in [-0.25, -0.2) is 9.78 Å². The van der Waals surface area contributed by atoms with E-state index in [9.17, 15) is 4.79 Å². The number of nitrogen functional groups attached to an aromatic ring is 1. The van der Waals surface area contributed by atoms with Crippen LogP contribution in [0.15, 0.2) is 12.3 Å². The van der Waals surface area contributed by atoms with E-state index in [2.05, 4.69) is 15.0 Å². The third-order valence-electron chi connectivity index (χ3n) is 3.09. The molecule has 1 aliphatic rings. The molecule has 0 aromatic carbocycles. The number of nitrogens with one attached hydrogen (secondary N) is 1. The summed E-state index contributed by atoms with van der Waals surface area (Å²) in [6.07, 6.45) is 6.29. The third-order valence-corrected chi connectivity index (χ3v) is 3.09. The molecular weight excluding hydrogens is 218 g/mol. The molecule has 0 spiro atoms. The molecule has 1 saturated carbocycles. The Morgan fingerprint density at radius 3 is 2.88 bits per heavy atom. The van der Waals surface area contributed by atoms with E-state index >= 15 is 0 Å². The first kappa shape index (κ1) is 11.7. The number of ether oxygens (including phenoxy) is 1. The number of rotatable bonds is 3. The molecule has 5 heteroatoms. The van der Waals surface area contributed by atoms with Crippen molar-refractivity contribution in [2.24, 2.45) is 0 Å². The standard InChI is InChI=1S/C12H17N3O2/c1-17-12(16)9-6-7-14-11(10(9)13)15-8-4-2-3-5-8/h6-8H,2-5,13H2,1H3,(H,14,15). The van der Waals surface area contributed by atoms with E-state index in [0.29, 0.717) is 23.1 Å². The van der Waals surface area contributed by atoms with Gasteiger partial charge in [0.05, 0.1) is 18.4 Å². The lowest BCUT2D eigenvalue weighted by atomic mass is 10.2. The smallest absolute Gasteiger partial charge is 0.340 e. The molecule has 1 aromatic rings. The second kappa shape index (κ2) is 5.03. The van der Waals surface area contributed by atoms with Crippen LogP contribution in [0.4, 0.5) is 11.5 Å². The molecule has 1 fully saturated rings. The highest BCUT2D eigenvalue weighted by atomic mass is 16.5. The molecule has 0 amide bonds. The lowest BCUT2D eigenvalue weighted by Crippen LogP contribution is -2.18. The average Bonchev–Trinajstić information content (AvgIpc) is 2.84. The summed E-state index contributed by atoms with van der Waals surface area (Å²) in [5, 5.41) is 3.28. The molecule has 0 aliphatic heterocycles. The molecule has 0 unspecified atom stereocenters.